The Balaban J connectivity index is 1.51. The first-order valence-corrected chi connectivity index (χ1v) is 12.9. The summed E-state index contributed by atoms with van der Waals surface area (Å²) in [6.45, 7) is 8.37. The summed E-state index contributed by atoms with van der Waals surface area (Å²) in [6, 6.07) is 6.86. The summed E-state index contributed by atoms with van der Waals surface area (Å²) < 4.78 is 0. The molecular formula is C24H30ClN5O3S. The van der Waals surface area contributed by atoms with Crippen LogP contribution in [0.5, 0.6) is 0 Å². The Morgan fingerprint density at radius 2 is 1.85 bits per heavy atom. The van der Waals surface area contributed by atoms with Crippen LogP contribution in [0.3, 0.4) is 0 Å². The summed E-state index contributed by atoms with van der Waals surface area (Å²) in [7, 11) is 0. The Morgan fingerprint density at radius 3 is 2.47 bits per heavy atom. The maximum atomic E-state index is 13.7. The number of anilines is 1. The minimum atomic E-state index is -1.03. The van der Waals surface area contributed by atoms with E-state index < -0.39 is 12.0 Å². The number of aromatic nitrogens is 2. The molecule has 1 saturated heterocycles. The van der Waals surface area contributed by atoms with Crippen molar-refractivity contribution in [1.82, 2.24) is 19.8 Å². The van der Waals surface area contributed by atoms with Crippen molar-refractivity contribution in [3.8, 4) is 0 Å². The highest BCUT2D eigenvalue weighted by Crippen LogP contribution is 2.44. The number of benzene rings is 1. The van der Waals surface area contributed by atoms with E-state index >= 15 is 0 Å². The molecule has 8 nitrogen and oxygen atoms in total. The third kappa shape index (κ3) is 5.10. The van der Waals surface area contributed by atoms with E-state index in [1.165, 1.54) is 10.5 Å². The highest BCUT2D eigenvalue weighted by Gasteiger charge is 2.34. The van der Waals surface area contributed by atoms with Gasteiger partial charge in [-0.2, -0.15) is 0 Å². The number of halogens is 1. The number of carbonyl (C=O) groups is 2. The molecule has 1 N–H and O–H groups in total. The molecule has 2 aromatic rings. The van der Waals surface area contributed by atoms with Crippen LogP contribution >= 0.6 is 23.4 Å². The molecular weight excluding hydrogens is 474 g/mol. The fourth-order valence-electron chi connectivity index (χ4n) is 4.58. The van der Waals surface area contributed by atoms with E-state index in [1.807, 2.05) is 42.6 Å². The number of carbonyl (C=O) groups excluding carboxylic acids is 1. The van der Waals surface area contributed by atoms with Crippen LogP contribution in [-0.2, 0) is 10.5 Å². The number of fused-ring (bicyclic) bond motifs is 1. The summed E-state index contributed by atoms with van der Waals surface area (Å²) in [5, 5.41) is 10.6. The van der Waals surface area contributed by atoms with Crippen molar-refractivity contribution in [2.24, 2.45) is 0 Å². The predicted octanol–water partition coefficient (Wildman–Crippen LogP) is 4.26. The minimum Gasteiger partial charge on any atom is -0.465 e. The van der Waals surface area contributed by atoms with Crippen molar-refractivity contribution in [1.29, 1.82) is 0 Å². The first-order valence-electron chi connectivity index (χ1n) is 11.5. The Morgan fingerprint density at radius 1 is 1.18 bits per heavy atom. The minimum absolute atomic E-state index is 0.0642. The lowest BCUT2D eigenvalue weighted by Crippen LogP contribution is -2.52. The second kappa shape index (κ2) is 10.4. The number of hydrogen-bond donors (Lipinski definition) is 1. The molecule has 2 atom stereocenters. The van der Waals surface area contributed by atoms with Crippen LogP contribution in [0.4, 0.5) is 10.6 Å². The van der Waals surface area contributed by atoms with Crippen LogP contribution < -0.4 is 4.90 Å². The first kappa shape index (κ1) is 24.6. The van der Waals surface area contributed by atoms with E-state index in [0.717, 1.165) is 22.8 Å². The monoisotopic (exact) mass is 503 g/mol. The highest BCUT2D eigenvalue weighted by atomic mass is 35.5. The van der Waals surface area contributed by atoms with Crippen molar-refractivity contribution in [3.63, 3.8) is 0 Å². The van der Waals surface area contributed by atoms with Gasteiger partial charge in [0.05, 0.1) is 11.6 Å². The fourth-order valence-corrected chi connectivity index (χ4v) is 5.75. The van der Waals surface area contributed by atoms with E-state index in [9.17, 15) is 14.7 Å². The second-order valence-corrected chi connectivity index (χ2v) is 10.7. The van der Waals surface area contributed by atoms with Crippen LogP contribution in [0, 0.1) is 0 Å². The molecule has 2 amide bonds. The van der Waals surface area contributed by atoms with Gasteiger partial charge in [0, 0.05) is 60.4 Å². The Kier molecular flexibility index (Phi) is 7.52. The largest absolute Gasteiger partial charge is 0.465 e. The van der Waals surface area contributed by atoms with E-state index in [1.54, 1.807) is 18.5 Å². The molecule has 1 aromatic heterocycles. The van der Waals surface area contributed by atoms with Crippen LogP contribution in [0.25, 0.3) is 0 Å². The zero-order valence-electron chi connectivity index (χ0n) is 19.6. The first-order chi connectivity index (χ1) is 16.3. The lowest BCUT2D eigenvalue weighted by atomic mass is 9.96. The smallest absolute Gasteiger partial charge is 0.407 e. The molecule has 4 rings (SSSR count). The van der Waals surface area contributed by atoms with Gasteiger partial charge in [-0.1, -0.05) is 23.7 Å². The Hall–Kier alpha value is -2.52. The highest BCUT2D eigenvalue weighted by molar-refractivity contribution is 7.99. The number of hydrogen-bond acceptors (Lipinski definition) is 6. The molecule has 10 heteroatoms. The summed E-state index contributed by atoms with van der Waals surface area (Å²) in [5.41, 5.74) is 3.08. The number of piperazine rings is 1. The van der Waals surface area contributed by atoms with Gasteiger partial charge in [-0.25, -0.2) is 14.8 Å². The van der Waals surface area contributed by atoms with E-state index in [2.05, 4.69) is 21.8 Å². The van der Waals surface area contributed by atoms with E-state index in [-0.39, 0.29) is 18.5 Å². The number of thioether (sulfide) groups is 1. The van der Waals surface area contributed by atoms with Gasteiger partial charge < -0.3 is 19.8 Å². The average Bonchev–Trinajstić information content (AvgIpc) is 3.21. The molecule has 0 unspecified atom stereocenters. The molecule has 0 aliphatic carbocycles. The molecule has 182 valence electrons. The quantitative estimate of drug-likeness (QED) is 0.629. The van der Waals surface area contributed by atoms with Crippen LogP contribution in [-0.4, -0.2) is 75.6 Å². The maximum absolute atomic E-state index is 13.7. The van der Waals surface area contributed by atoms with Crippen molar-refractivity contribution < 1.29 is 14.7 Å². The van der Waals surface area contributed by atoms with Gasteiger partial charge in [0.1, 0.15) is 12.1 Å². The Bertz CT molecular complexity index is 1040. The maximum Gasteiger partial charge on any atom is 0.407 e. The summed E-state index contributed by atoms with van der Waals surface area (Å²) in [5.74, 6) is 1.22. The molecule has 34 heavy (non-hydrogen) atoms. The molecule has 0 spiro atoms. The predicted molar refractivity (Wildman–Crippen MR) is 135 cm³/mol. The zero-order chi connectivity index (χ0) is 24.4. The van der Waals surface area contributed by atoms with Gasteiger partial charge in [0.2, 0.25) is 5.91 Å². The van der Waals surface area contributed by atoms with Gasteiger partial charge in [0.25, 0.3) is 0 Å². The lowest BCUT2D eigenvalue weighted by Gasteiger charge is -2.38. The van der Waals surface area contributed by atoms with Crippen LogP contribution in [0.1, 0.15) is 48.8 Å². The third-order valence-electron chi connectivity index (χ3n) is 6.53. The van der Waals surface area contributed by atoms with Crippen molar-refractivity contribution in [2.45, 2.75) is 43.7 Å². The standard InChI is InChI=1S/C24H30ClN5O3S/c1-15(2)30(24(32)33)12-19(17-4-6-18(25)7-5-17)23(31)29-10-8-28(9-11-29)22-21-16(3)34-13-20(21)26-14-27-22/h4-7,14-16,19H,8-13H2,1-3H3,(H,32,33)/t16-,19-/m0/s1. The summed E-state index contributed by atoms with van der Waals surface area (Å²) in [6.07, 6.45) is 0.601. The fraction of sp³-hybridized carbons (Fsp3) is 0.500. The molecule has 1 aromatic carbocycles. The topological polar surface area (TPSA) is 89.9 Å². The van der Waals surface area contributed by atoms with Gasteiger partial charge in [-0.05, 0) is 38.5 Å². The summed E-state index contributed by atoms with van der Waals surface area (Å²) in [4.78, 5) is 39.9. The van der Waals surface area contributed by atoms with Gasteiger partial charge in [-0.3, -0.25) is 4.79 Å². The average molecular weight is 504 g/mol. The van der Waals surface area contributed by atoms with Gasteiger partial charge in [-0.15, -0.1) is 11.8 Å². The normalized spacial score (nSPS) is 18.7. The summed E-state index contributed by atoms with van der Waals surface area (Å²) >= 11 is 7.93. The molecule has 2 aliphatic heterocycles. The molecule has 2 aliphatic rings. The lowest BCUT2D eigenvalue weighted by molar-refractivity contribution is -0.133. The number of rotatable bonds is 6. The van der Waals surface area contributed by atoms with Crippen LogP contribution in [0.2, 0.25) is 5.02 Å². The third-order valence-corrected chi connectivity index (χ3v) is 7.96. The molecule has 0 bridgehead atoms. The number of nitrogens with zero attached hydrogens (tertiary/aromatic N) is 5. The van der Waals surface area contributed by atoms with E-state index in [0.29, 0.717) is 36.5 Å². The second-order valence-electron chi connectivity index (χ2n) is 8.96. The van der Waals surface area contributed by atoms with Gasteiger partial charge in [0.15, 0.2) is 0 Å². The molecule has 3 heterocycles. The zero-order valence-corrected chi connectivity index (χ0v) is 21.2. The number of carboxylic acid groups (broad SMARTS) is 1. The van der Waals surface area contributed by atoms with Crippen molar-refractivity contribution in [3.05, 3.63) is 52.4 Å². The molecule has 0 radical (unpaired) electrons. The van der Waals surface area contributed by atoms with Crippen LogP contribution in [0.15, 0.2) is 30.6 Å². The molecule has 0 saturated carbocycles. The van der Waals surface area contributed by atoms with Gasteiger partial charge >= 0.3 is 6.09 Å². The van der Waals surface area contributed by atoms with Crippen molar-refractivity contribution in [2.75, 3.05) is 37.6 Å². The SMILES string of the molecule is CC(C)N(C[C@H](C(=O)N1CCN(c2ncnc3c2[C@H](C)SC3)CC1)c1ccc(Cl)cc1)C(=O)O. The van der Waals surface area contributed by atoms with Crippen molar-refractivity contribution >= 4 is 41.2 Å². The van der Waals surface area contributed by atoms with E-state index in [4.69, 9.17) is 11.6 Å². The molecule has 1 fully saturated rings. The number of amides is 2. The Labute approximate surface area is 209 Å².